The van der Waals surface area contributed by atoms with Crippen molar-refractivity contribution in [3.8, 4) is 22.2 Å². The van der Waals surface area contributed by atoms with E-state index in [4.69, 9.17) is 19.4 Å². The second kappa shape index (κ2) is 16.6. The van der Waals surface area contributed by atoms with E-state index >= 15 is 0 Å². The number of hydrogen-bond acceptors (Lipinski definition) is 11. The van der Waals surface area contributed by atoms with Crippen molar-refractivity contribution in [1.29, 1.82) is 0 Å². The van der Waals surface area contributed by atoms with Gasteiger partial charge >= 0.3 is 0 Å². The molecule has 0 spiro atoms. The lowest BCUT2D eigenvalue weighted by Crippen LogP contribution is -2.58. The Morgan fingerprint density at radius 3 is 2.61 bits per heavy atom. The molecule has 13 nitrogen and oxygen atoms in total. The Labute approximate surface area is 359 Å². The molecule has 16 heteroatoms. The zero-order chi connectivity index (χ0) is 43.3. The molecule has 4 heterocycles. The number of carbonyl (C=O) groups excluding carboxylic acids is 3. The summed E-state index contributed by atoms with van der Waals surface area (Å²) in [6.07, 6.45) is 7.77. The quantitative estimate of drug-likeness (QED) is 0.139. The second-order valence-corrected chi connectivity index (χ2v) is 20.5. The molecule has 2 saturated carbocycles. The Balaban J connectivity index is 1.15. The van der Waals surface area contributed by atoms with E-state index in [9.17, 15) is 27.2 Å². The van der Waals surface area contributed by atoms with Crippen LogP contribution in [0.15, 0.2) is 60.0 Å². The normalized spacial score (nSPS) is 25.7. The van der Waals surface area contributed by atoms with Gasteiger partial charge in [0.05, 0.1) is 29.6 Å². The van der Waals surface area contributed by atoms with Crippen LogP contribution in [0.1, 0.15) is 95.7 Å². The maximum absolute atomic E-state index is 14.9. The molecule has 0 bridgehead atoms. The number of rotatable bonds is 10. The van der Waals surface area contributed by atoms with Gasteiger partial charge in [0.15, 0.2) is 0 Å². The number of aryl methyl sites for hydroxylation is 1. The first-order chi connectivity index (χ1) is 29.1. The van der Waals surface area contributed by atoms with Crippen LogP contribution in [0.3, 0.4) is 0 Å². The molecule has 0 radical (unpaired) electrons. The zero-order valence-electron chi connectivity index (χ0n) is 35.1. The average Bonchev–Trinajstić information content (AvgIpc) is 3.99. The summed E-state index contributed by atoms with van der Waals surface area (Å²) >= 11 is 1.48. The number of nitrogens with zero attached hydrogens (tertiary/aromatic N) is 3. The summed E-state index contributed by atoms with van der Waals surface area (Å²) in [5.41, 5.74) is 1.92. The van der Waals surface area contributed by atoms with Crippen LogP contribution in [0.25, 0.3) is 21.6 Å². The summed E-state index contributed by atoms with van der Waals surface area (Å²) in [6.45, 7) is 7.70. The van der Waals surface area contributed by atoms with E-state index in [0.29, 0.717) is 70.9 Å². The molecule has 8 rings (SSSR count). The van der Waals surface area contributed by atoms with Crippen LogP contribution in [-0.4, -0.2) is 83.1 Å². The van der Waals surface area contributed by atoms with Crippen LogP contribution >= 0.6 is 11.3 Å². The monoisotopic (exact) mass is 872 g/mol. The van der Waals surface area contributed by atoms with Gasteiger partial charge in [-0.2, -0.15) is 0 Å². The van der Waals surface area contributed by atoms with E-state index in [-0.39, 0.29) is 31.2 Å². The molecule has 3 amide bonds. The first kappa shape index (κ1) is 42.6. The number of carbonyl (C=O) groups is 3. The summed E-state index contributed by atoms with van der Waals surface area (Å²) in [5.74, 6) is -1.28. The first-order valence-corrected chi connectivity index (χ1v) is 23.5. The lowest BCUT2D eigenvalue weighted by molar-refractivity contribution is -0.140. The number of halogens is 1. The molecule has 5 atom stereocenters. The van der Waals surface area contributed by atoms with E-state index in [1.54, 1.807) is 26.2 Å². The van der Waals surface area contributed by atoms with Crippen LogP contribution < -0.4 is 24.8 Å². The van der Waals surface area contributed by atoms with Gasteiger partial charge in [-0.25, -0.2) is 22.8 Å². The molecular formula is C45H53FN6O7S2. The highest BCUT2D eigenvalue weighted by molar-refractivity contribution is 7.91. The highest BCUT2D eigenvalue weighted by atomic mass is 32.2. The standard InChI is InChI=1S/C45H53FN6O7S2/c1-26(2)35-25-60-41(49-35)34-22-38(32-16-17-37(58-5)27(3)39(32)48-34)59-31-21-36-40(53)50-45(43(55)51-61(56,57)44(4)18-19-44)23-28(45)12-9-7-6-8-10-15-33(42(54)52(36)24-31)47-30-14-11-13-29(46)20-30/h9,11-14,16-17,20,22,25-26,28,31,33,36,47H,6-8,10,15,18-19,21,23-24H2,1-5H3,(H,50,53)(H,51,55)/b12-9-/t28-,31-,33+,36+,45-/m1/s1. The number of fused-ring (bicyclic) bond motifs is 3. The SMILES string of the molecule is COc1ccc2c(O[C@@H]3C[C@H]4C(=O)N[C@]5(C(=O)NS(=O)(=O)C6(C)CC6)C[C@H]5/C=C\CCCCC[C@H](Nc5cccc(F)c5)C(=O)N4C3)cc(-c3nc(C(C)C)cs3)nc2c1C. The number of methoxy groups -OCH3 is 1. The third kappa shape index (κ3) is 8.57. The Bertz CT molecular complexity index is 2510. The van der Waals surface area contributed by atoms with E-state index in [2.05, 4.69) is 29.2 Å². The highest BCUT2D eigenvalue weighted by Gasteiger charge is 2.63. The largest absolute Gasteiger partial charge is 0.496 e. The molecule has 2 aliphatic heterocycles. The molecular weight excluding hydrogens is 820 g/mol. The predicted octanol–water partition coefficient (Wildman–Crippen LogP) is 7.16. The number of thiazole rings is 1. The van der Waals surface area contributed by atoms with Crippen molar-refractivity contribution in [1.82, 2.24) is 24.9 Å². The number of amides is 3. The second-order valence-electron chi connectivity index (χ2n) is 17.4. The maximum atomic E-state index is 14.9. The first-order valence-electron chi connectivity index (χ1n) is 21.1. The molecule has 2 aromatic heterocycles. The Morgan fingerprint density at radius 1 is 1.08 bits per heavy atom. The van der Waals surface area contributed by atoms with Gasteiger partial charge in [0.2, 0.25) is 21.8 Å². The van der Waals surface area contributed by atoms with Crippen LogP contribution in [0, 0.1) is 18.7 Å². The van der Waals surface area contributed by atoms with Gasteiger partial charge in [-0.3, -0.25) is 19.1 Å². The molecule has 1 saturated heterocycles. The van der Waals surface area contributed by atoms with Gasteiger partial charge in [-0.1, -0.05) is 44.9 Å². The number of anilines is 1. The fourth-order valence-electron chi connectivity index (χ4n) is 8.38. The van der Waals surface area contributed by atoms with Crippen molar-refractivity contribution in [2.75, 3.05) is 19.0 Å². The van der Waals surface area contributed by atoms with Crippen molar-refractivity contribution in [3.05, 3.63) is 77.1 Å². The van der Waals surface area contributed by atoms with Crippen LogP contribution in [0.5, 0.6) is 11.5 Å². The summed E-state index contributed by atoms with van der Waals surface area (Å²) in [6, 6.07) is 9.58. The average molecular weight is 873 g/mol. The van der Waals surface area contributed by atoms with Crippen molar-refractivity contribution in [2.45, 2.75) is 120 Å². The van der Waals surface area contributed by atoms with E-state index < -0.39 is 62.0 Å². The molecule has 3 fully saturated rings. The minimum Gasteiger partial charge on any atom is -0.496 e. The van der Waals surface area contributed by atoms with Crippen LogP contribution in [0.4, 0.5) is 10.1 Å². The van der Waals surface area contributed by atoms with E-state index in [0.717, 1.165) is 24.1 Å². The number of pyridine rings is 1. The lowest BCUT2D eigenvalue weighted by Gasteiger charge is -2.30. The molecule has 4 aromatic rings. The number of nitrogens with one attached hydrogen (secondary N) is 3. The molecule has 2 aliphatic carbocycles. The van der Waals surface area contributed by atoms with Gasteiger partial charge in [-0.05, 0) is 88.6 Å². The van der Waals surface area contributed by atoms with E-state index in [1.165, 1.54) is 28.4 Å². The number of aromatic nitrogens is 2. The topological polar surface area (TPSA) is 169 Å². The number of hydrogen-bond donors (Lipinski definition) is 3. The summed E-state index contributed by atoms with van der Waals surface area (Å²) in [5, 5.41) is 9.64. The Kier molecular flexibility index (Phi) is 11.6. The van der Waals surface area contributed by atoms with Gasteiger partial charge in [0.1, 0.15) is 51.7 Å². The molecule has 4 aliphatic rings. The summed E-state index contributed by atoms with van der Waals surface area (Å²) in [7, 11) is -2.40. The molecule has 61 heavy (non-hydrogen) atoms. The Hall–Kier alpha value is -5.09. The maximum Gasteiger partial charge on any atom is 0.259 e. The number of sulfonamides is 1. The lowest BCUT2D eigenvalue weighted by atomic mass is 10.0. The van der Waals surface area contributed by atoms with Crippen molar-refractivity contribution in [3.63, 3.8) is 0 Å². The fraction of sp³-hybridized carbons (Fsp3) is 0.489. The van der Waals surface area contributed by atoms with Crippen LogP contribution in [0.2, 0.25) is 0 Å². The fourth-order valence-corrected chi connectivity index (χ4v) is 10.6. The molecule has 324 valence electrons. The minimum atomic E-state index is -4.00. The third-order valence-corrected chi connectivity index (χ3v) is 15.7. The van der Waals surface area contributed by atoms with Gasteiger partial charge in [-0.15, -0.1) is 11.3 Å². The van der Waals surface area contributed by atoms with Crippen molar-refractivity contribution >= 4 is 55.7 Å². The molecule has 3 N–H and O–H groups in total. The van der Waals surface area contributed by atoms with E-state index in [1.807, 2.05) is 42.7 Å². The van der Waals surface area contributed by atoms with Gasteiger partial charge < -0.3 is 25.0 Å². The smallest absolute Gasteiger partial charge is 0.259 e. The third-order valence-electron chi connectivity index (χ3n) is 12.6. The predicted molar refractivity (Wildman–Crippen MR) is 232 cm³/mol. The summed E-state index contributed by atoms with van der Waals surface area (Å²) < 4.78 is 54.7. The van der Waals surface area contributed by atoms with Crippen molar-refractivity contribution in [2.24, 2.45) is 5.92 Å². The molecule has 2 aromatic carbocycles. The molecule has 0 unspecified atom stereocenters. The number of allylic oxidation sites excluding steroid dienone is 1. The van der Waals surface area contributed by atoms with Gasteiger partial charge in [0.25, 0.3) is 5.91 Å². The highest BCUT2D eigenvalue weighted by Crippen LogP contribution is 2.48. The number of ether oxygens (including phenoxy) is 2. The van der Waals surface area contributed by atoms with Gasteiger partial charge in [0, 0.05) is 40.4 Å². The number of benzene rings is 2. The summed E-state index contributed by atoms with van der Waals surface area (Å²) in [4.78, 5) is 55.0. The minimum absolute atomic E-state index is 0.0244. The zero-order valence-corrected chi connectivity index (χ0v) is 36.8. The van der Waals surface area contributed by atoms with Crippen molar-refractivity contribution < 1.29 is 36.7 Å². The Morgan fingerprint density at radius 2 is 1.89 bits per heavy atom. The van der Waals surface area contributed by atoms with Crippen LogP contribution in [-0.2, 0) is 24.4 Å².